The number of rotatable bonds is 2. The van der Waals surface area contributed by atoms with Crippen molar-refractivity contribution in [2.45, 2.75) is 34.5 Å². The Balaban J connectivity index is 2.95. The normalized spacial score (nSPS) is 10.0. The fraction of sp³-hybridized carbons (Fsp3) is 1.00. The van der Waals surface area contributed by atoms with Crippen LogP contribution in [0.3, 0.4) is 0 Å². The fourth-order valence-corrected chi connectivity index (χ4v) is 8.27. The van der Waals surface area contributed by atoms with Gasteiger partial charge in [-0.05, 0) is 0 Å². The van der Waals surface area contributed by atoms with Gasteiger partial charge in [0.2, 0.25) is 0 Å². The third-order valence-electron chi connectivity index (χ3n) is 0.943. The van der Waals surface area contributed by atoms with Crippen molar-refractivity contribution in [3.63, 3.8) is 0 Å². The molecule has 1 heteroatoms. The summed E-state index contributed by atoms with van der Waals surface area (Å²) in [6.45, 7) is 9.45. The van der Waals surface area contributed by atoms with Gasteiger partial charge in [-0.15, -0.1) is 0 Å². The molecule has 40 valence electrons. The summed E-state index contributed by atoms with van der Waals surface area (Å²) in [5.74, 6) is 0. The van der Waals surface area contributed by atoms with Crippen LogP contribution in [0.5, 0.6) is 0 Å². The van der Waals surface area contributed by atoms with Gasteiger partial charge in [-0.25, -0.2) is 0 Å². The van der Waals surface area contributed by atoms with Gasteiger partial charge < -0.3 is 0 Å². The van der Waals surface area contributed by atoms with Crippen LogP contribution in [-0.2, 0) is 24.6 Å². The predicted molar refractivity (Wildman–Crippen MR) is 30.2 cm³/mol. The van der Waals surface area contributed by atoms with Crippen LogP contribution in [0.15, 0.2) is 0 Å². The summed E-state index contributed by atoms with van der Waals surface area (Å²) in [5.41, 5.74) is 0. The van der Waals surface area contributed by atoms with Gasteiger partial charge in [0, 0.05) is 0 Å². The predicted octanol–water partition coefficient (Wildman–Crippen LogP) is 2.73. The summed E-state index contributed by atoms with van der Waals surface area (Å²) in [7, 11) is 0. The van der Waals surface area contributed by atoms with Crippen molar-refractivity contribution in [3.05, 3.63) is 0 Å². The maximum atomic E-state index is 2.36. The molecule has 0 aromatic rings. The van der Waals surface area contributed by atoms with Crippen LogP contribution in [0.1, 0.15) is 27.7 Å². The summed E-state index contributed by atoms with van der Waals surface area (Å²) in [6.07, 6.45) is 0. The Morgan fingerprint density at radius 3 is 1.14 bits per heavy atom. The van der Waals surface area contributed by atoms with E-state index in [-0.39, 0.29) is 24.6 Å². The SMILES string of the molecule is C[CH](C)[Hg][CH](C)C. The molecule has 0 amide bonds. The van der Waals surface area contributed by atoms with Crippen LogP contribution < -0.4 is 0 Å². The molecule has 0 nitrogen and oxygen atoms in total. The Labute approximate surface area is 59.1 Å². The van der Waals surface area contributed by atoms with Gasteiger partial charge in [0.05, 0.1) is 0 Å². The van der Waals surface area contributed by atoms with Gasteiger partial charge in [-0.2, -0.15) is 0 Å². The summed E-state index contributed by atoms with van der Waals surface area (Å²) < 4.78 is 2.19. The fourth-order valence-electron chi connectivity index (χ4n) is 0.943. The molecule has 0 aromatic carbocycles. The van der Waals surface area contributed by atoms with Crippen molar-refractivity contribution in [2.75, 3.05) is 0 Å². The van der Waals surface area contributed by atoms with E-state index in [9.17, 15) is 0 Å². The monoisotopic (exact) mass is 288 g/mol. The summed E-state index contributed by atoms with van der Waals surface area (Å²) in [6, 6.07) is 0. The Hall–Kier alpha value is 0.935. The third-order valence-corrected chi connectivity index (χ3v) is 8.27. The molecule has 0 fully saturated rings. The molecule has 0 aliphatic carbocycles. The van der Waals surface area contributed by atoms with E-state index < -0.39 is 0 Å². The van der Waals surface area contributed by atoms with Crippen molar-refractivity contribution in [3.8, 4) is 0 Å². The molecule has 7 heavy (non-hydrogen) atoms. The van der Waals surface area contributed by atoms with Gasteiger partial charge >= 0.3 is 59.1 Å². The molecule has 0 unspecified atom stereocenters. The minimum atomic E-state index is -0.367. The van der Waals surface area contributed by atoms with Crippen LogP contribution in [0.4, 0.5) is 0 Å². The molecule has 0 saturated carbocycles. The molecule has 0 spiro atoms. The van der Waals surface area contributed by atoms with Crippen LogP contribution in [0.25, 0.3) is 0 Å². The zero-order valence-electron chi connectivity index (χ0n) is 5.86. The summed E-state index contributed by atoms with van der Waals surface area (Å²) >= 11 is -0.367. The van der Waals surface area contributed by atoms with E-state index >= 15 is 0 Å². The molecule has 0 aromatic heterocycles. The first-order chi connectivity index (χ1) is 3.13. The van der Waals surface area contributed by atoms with E-state index in [1.165, 1.54) is 0 Å². The van der Waals surface area contributed by atoms with Gasteiger partial charge in [0.15, 0.2) is 0 Å². The molecular formula is C6H14Hg. The molecule has 0 bridgehead atoms. The van der Waals surface area contributed by atoms with E-state index in [4.69, 9.17) is 0 Å². The van der Waals surface area contributed by atoms with Crippen LogP contribution in [-0.4, -0.2) is 0 Å². The van der Waals surface area contributed by atoms with Crippen LogP contribution >= 0.6 is 0 Å². The Kier molecular flexibility index (Phi) is 4.40. The molecular weight excluding hydrogens is 273 g/mol. The second-order valence-corrected chi connectivity index (χ2v) is 17.6. The molecule has 0 radical (unpaired) electrons. The van der Waals surface area contributed by atoms with Gasteiger partial charge in [0.1, 0.15) is 0 Å². The molecule has 0 atom stereocenters. The first-order valence-corrected chi connectivity index (χ1v) is 9.47. The average Bonchev–Trinajstić information content (AvgIpc) is 1.27. The van der Waals surface area contributed by atoms with E-state index in [0.29, 0.717) is 0 Å². The third kappa shape index (κ3) is 6.94. The molecule has 0 N–H and O–H groups in total. The van der Waals surface area contributed by atoms with Crippen molar-refractivity contribution in [1.82, 2.24) is 0 Å². The van der Waals surface area contributed by atoms with Gasteiger partial charge in [0.25, 0.3) is 0 Å². The van der Waals surface area contributed by atoms with Crippen molar-refractivity contribution in [1.29, 1.82) is 0 Å². The Morgan fingerprint density at radius 1 is 0.857 bits per heavy atom. The van der Waals surface area contributed by atoms with Crippen molar-refractivity contribution >= 4 is 0 Å². The molecule has 0 aliphatic heterocycles. The standard InChI is InChI=1S/2C3H7.Hg/c2*1-3-2;/h2*3H,1-2H3;. The first kappa shape index (κ1) is 7.94. The second-order valence-electron chi connectivity index (χ2n) is 3.02. The van der Waals surface area contributed by atoms with Crippen LogP contribution in [0, 0.1) is 0 Å². The van der Waals surface area contributed by atoms with E-state index in [0.717, 1.165) is 6.85 Å². The zero-order valence-corrected chi connectivity index (χ0v) is 11.4. The number of hydrogen-bond donors (Lipinski definition) is 0. The second kappa shape index (κ2) is 3.88. The van der Waals surface area contributed by atoms with Crippen molar-refractivity contribution in [2.24, 2.45) is 0 Å². The topological polar surface area (TPSA) is 0 Å². The van der Waals surface area contributed by atoms with E-state index in [1.54, 1.807) is 0 Å². The molecule has 0 heterocycles. The van der Waals surface area contributed by atoms with Crippen molar-refractivity contribution < 1.29 is 24.6 Å². The quantitative estimate of drug-likeness (QED) is 0.685. The Bertz CT molecular complexity index is 33.4. The average molecular weight is 287 g/mol. The first-order valence-electron chi connectivity index (χ1n) is 3.13. The van der Waals surface area contributed by atoms with Gasteiger partial charge in [-0.1, -0.05) is 0 Å². The van der Waals surface area contributed by atoms with Gasteiger partial charge in [-0.3, -0.25) is 0 Å². The Morgan fingerprint density at radius 2 is 1.14 bits per heavy atom. The number of hydrogen-bond acceptors (Lipinski definition) is 0. The molecule has 0 rings (SSSR count). The van der Waals surface area contributed by atoms with E-state index in [2.05, 4.69) is 27.7 Å². The molecule has 0 saturated heterocycles. The minimum absolute atomic E-state index is 0.367. The van der Waals surface area contributed by atoms with E-state index in [1.807, 2.05) is 0 Å². The zero-order chi connectivity index (χ0) is 5.86. The van der Waals surface area contributed by atoms with Crippen LogP contribution in [0.2, 0.25) is 6.85 Å². The summed E-state index contributed by atoms with van der Waals surface area (Å²) in [4.78, 5) is 0. The maximum absolute atomic E-state index is 2.36. The molecule has 0 aliphatic rings. The summed E-state index contributed by atoms with van der Waals surface area (Å²) in [5, 5.41) is 0.